The molecule has 0 radical (unpaired) electrons. The van der Waals surface area contributed by atoms with Crippen molar-refractivity contribution in [2.45, 2.75) is 44.5 Å². The highest BCUT2D eigenvalue weighted by molar-refractivity contribution is 7.89. The van der Waals surface area contributed by atoms with Crippen LogP contribution in [-0.4, -0.2) is 60.7 Å². The van der Waals surface area contributed by atoms with E-state index in [1.54, 1.807) is 42.3 Å². The van der Waals surface area contributed by atoms with Gasteiger partial charge in [0.05, 0.1) is 5.69 Å². The molecule has 9 heteroatoms. The number of aromatic nitrogens is 1. The highest BCUT2D eigenvalue weighted by Gasteiger charge is 2.41. The lowest BCUT2D eigenvalue weighted by molar-refractivity contribution is -0.129. The van der Waals surface area contributed by atoms with E-state index in [4.69, 9.17) is 0 Å². The predicted molar refractivity (Wildman–Crippen MR) is 121 cm³/mol. The van der Waals surface area contributed by atoms with Crippen molar-refractivity contribution in [3.8, 4) is 0 Å². The van der Waals surface area contributed by atoms with Crippen LogP contribution in [-0.2, 0) is 21.4 Å². The van der Waals surface area contributed by atoms with Crippen molar-refractivity contribution >= 4 is 21.6 Å². The van der Waals surface area contributed by atoms with Crippen molar-refractivity contribution < 1.29 is 17.6 Å². The molecule has 2 fully saturated rings. The molecule has 32 heavy (non-hydrogen) atoms. The molecule has 2 aliphatic heterocycles. The first-order chi connectivity index (χ1) is 15.3. The van der Waals surface area contributed by atoms with E-state index in [2.05, 4.69) is 4.98 Å². The van der Waals surface area contributed by atoms with Gasteiger partial charge in [-0.2, -0.15) is 4.31 Å². The maximum absolute atomic E-state index is 15.0. The Morgan fingerprint density at radius 2 is 1.88 bits per heavy atom. The number of rotatable bonds is 4. The Morgan fingerprint density at radius 3 is 2.50 bits per heavy atom. The zero-order valence-electron chi connectivity index (χ0n) is 18.4. The fraction of sp³-hybridized carbons (Fsp3) is 0.478. The Balaban J connectivity index is 1.51. The minimum atomic E-state index is -3.67. The molecule has 172 valence electrons. The maximum atomic E-state index is 15.0. The normalized spacial score (nSPS) is 23.8. The lowest BCUT2D eigenvalue weighted by atomic mass is 10.1. The van der Waals surface area contributed by atoms with E-state index < -0.39 is 21.1 Å². The first kappa shape index (κ1) is 22.7. The molecule has 1 aromatic carbocycles. The van der Waals surface area contributed by atoms with Crippen LogP contribution in [0.15, 0.2) is 42.6 Å². The Labute approximate surface area is 188 Å². The van der Waals surface area contributed by atoms with Crippen LogP contribution in [0.5, 0.6) is 0 Å². The topological polar surface area (TPSA) is 73.8 Å². The molecule has 0 saturated carbocycles. The van der Waals surface area contributed by atoms with Gasteiger partial charge in [0.25, 0.3) is 0 Å². The molecule has 0 aliphatic carbocycles. The number of sulfonamides is 1. The second kappa shape index (κ2) is 9.15. The van der Waals surface area contributed by atoms with Gasteiger partial charge < -0.3 is 9.80 Å². The Morgan fingerprint density at radius 1 is 1.12 bits per heavy atom. The number of hydrogen-bond donors (Lipinski definition) is 0. The van der Waals surface area contributed by atoms with Gasteiger partial charge in [-0.05, 0) is 44.0 Å². The first-order valence-corrected chi connectivity index (χ1v) is 12.5. The smallest absolute Gasteiger partial charge is 0.223 e. The molecule has 4 rings (SSSR count). The van der Waals surface area contributed by atoms with Crippen molar-refractivity contribution in [1.82, 2.24) is 14.2 Å². The summed E-state index contributed by atoms with van der Waals surface area (Å²) >= 11 is 0. The zero-order valence-corrected chi connectivity index (χ0v) is 19.3. The van der Waals surface area contributed by atoms with E-state index in [1.807, 2.05) is 17.9 Å². The van der Waals surface area contributed by atoms with Crippen LogP contribution in [0.2, 0.25) is 0 Å². The minimum Gasteiger partial charge on any atom is -0.368 e. The quantitative estimate of drug-likeness (QED) is 0.702. The summed E-state index contributed by atoms with van der Waals surface area (Å²) in [6.07, 6.45) is 2.80. The summed E-state index contributed by atoms with van der Waals surface area (Å²) in [6.45, 7) is 5.92. The monoisotopic (exact) mass is 460 g/mol. The SMILES string of the molecule is CC(=O)N1CCN(c2ccc(CN3[C@@H](C)CC[C@@H](c4ccccn4)S3(=O)=O)c(F)c2)CC1. The Kier molecular flexibility index (Phi) is 6.48. The second-order valence-electron chi connectivity index (χ2n) is 8.53. The molecular formula is C23H29FN4O3S. The number of piperazine rings is 1. The third kappa shape index (κ3) is 4.49. The van der Waals surface area contributed by atoms with Crippen molar-refractivity contribution in [2.75, 3.05) is 31.1 Å². The molecular weight excluding hydrogens is 431 g/mol. The van der Waals surface area contributed by atoms with Crippen molar-refractivity contribution in [3.05, 3.63) is 59.7 Å². The average molecular weight is 461 g/mol. The van der Waals surface area contributed by atoms with E-state index in [-0.39, 0.29) is 18.5 Å². The van der Waals surface area contributed by atoms with Crippen LogP contribution >= 0.6 is 0 Å². The average Bonchev–Trinajstić information content (AvgIpc) is 2.78. The molecule has 1 amide bonds. The zero-order chi connectivity index (χ0) is 22.9. The van der Waals surface area contributed by atoms with Gasteiger partial charge in [-0.1, -0.05) is 12.1 Å². The number of hydrogen-bond acceptors (Lipinski definition) is 5. The van der Waals surface area contributed by atoms with Gasteiger partial charge in [0.15, 0.2) is 0 Å². The molecule has 1 aromatic heterocycles. The van der Waals surface area contributed by atoms with E-state index >= 15 is 4.39 Å². The summed E-state index contributed by atoms with van der Waals surface area (Å²) < 4.78 is 43.2. The lowest BCUT2D eigenvalue weighted by Crippen LogP contribution is -2.48. The largest absolute Gasteiger partial charge is 0.368 e. The molecule has 2 aromatic rings. The molecule has 2 atom stereocenters. The van der Waals surface area contributed by atoms with Crippen molar-refractivity contribution in [3.63, 3.8) is 0 Å². The van der Waals surface area contributed by atoms with Crippen LogP contribution in [0, 0.1) is 5.82 Å². The van der Waals surface area contributed by atoms with Crippen molar-refractivity contribution in [2.24, 2.45) is 0 Å². The molecule has 3 heterocycles. The highest BCUT2D eigenvalue weighted by atomic mass is 32.2. The standard InChI is InChI=1S/C23H29FN4O3S/c1-17-6-9-23(22-5-3-4-10-25-22)32(30,31)28(17)16-19-7-8-20(15-21(19)24)27-13-11-26(12-14-27)18(2)29/h3-5,7-8,10,15,17,23H,6,9,11-14,16H2,1-2H3/t17-,23-/m0/s1. The van der Waals surface area contributed by atoms with Gasteiger partial charge in [0.1, 0.15) is 11.1 Å². The van der Waals surface area contributed by atoms with E-state index in [0.717, 1.165) is 5.69 Å². The number of halogens is 1. The second-order valence-corrected chi connectivity index (χ2v) is 10.6. The molecule has 7 nitrogen and oxygen atoms in total. The minimum absolute atomic E-state index is 0.00292. The van der Waals surface area contributed by atoms with E-state index in [1.165, 1.54) is 10.4 Å². The van der Waals surface area contributed by atoms with Crippen LogP contribution < -0.4 is 4.90 Å². The lowest BCUT2D eigenvalue weighted by Gasteiger charge is -2.37. The predicted octanol–water partition coefficient (Wildman–Crippen LogP) is 2.94. The number of benzene rings is 1. The molecule has 2 saturated heterocycles. The molecule has 2 aliphatic rings. The summed E-state index contributed by atoms with van der Waals surface area (Å²) in [5.41, 5.74) is 1.63. The van der Waals surface area contributed by atoms with Crippen LogP contribution in [0.25, 0.3) is 0 Å². The number of amides is 1. The number of pyridine rings is 1. The number of nitrogens with zero attached hydrogens (tertiary/aromatic N) is 4. The van der Waals surface area contributed by atoms with E-state index in [0.29, 0.717) is 50.3 Å². The van der Waals surface area contributed by atoms with Crippen LogP contribution in [0.3, 0.4) is 0 Å². The van der Waals surface area contributed by atoms with Gasteiger partial charge in [0, 0.05) is 63.1 Å². The Bertz CT molecular complexity index is 1070. The van der Waals surface area contributed by atoms with Crippen molar-refractivity contribution in [1.29, 1.82) is 0 Å². The van der Waals surface area contributed by atoms with Gasteiger partial charge in [-0.25, -0.2) is 12.8 Å². The Hall–Kier alpha value is -2.52. The third-order valence-corrected chi connectivity index (χ3v) is 8.83. The maximum Gasteiger partial charge on any atom is 0.223 e. The highest BCUT2D eigenvalue weighted by Crippen LogP contribution is 2.37. The summed E-state index contributed by atoms with van der Waals surface area (Å²) in [6, 6.07) is 10.0. The first-order valence-electron chi connectivity index (χ1n) is 11.0. The fourth-order valence-corrected chi connectivity index (χ4v) is 6.65. The summed E-state index contributed by atoms with van der Waals surface area (Å²) in [5.74, 6) is -0.370. The van der Waals surface area contributed by atoms with Gasteiger partial charge in [0.2, 0.25) is 15.9 Å². The number of anilines is 1. The third-order valence-electron chi connectivity index (χ3n) is 6.50. The number of carbonyl (C=O) groups excluding carboxylic acids is 1. The van der Waals surface area contributed by atoms with Gasteiger partial charge in [-0.3, -0.25) is 9.78 Å². The molecule has 0 N–H and O–H groups in total. The summed E-state index contributed by atoms with van der Waals surface area (Å²) in [7, 11) is -3.67. The van der Waals surface area contributed by atoms with Crippen LogP contribution in [0.4, 0.5) is 10.1 Å². The summed E-state index contributed by atoms with van der Waals surface area (Å²) in [5, 5.41) is -0.709. The number of carbonyl (C=O) groups is 1. The van der Waals surface area contributed by atoms with Gasteiger partial charge >= 0.3 is 0 Å². The summed E-state index contributed by atoms with van der Waals surface area (Å²) in [4.78, 5) is 19.6. The van der Waals surface area contributed by atoms with E-state index in [9.17, 15) is 13.2 Å². The van der Waals surface area contributed by atoms with Gasteiger partial charge in [-0.15, -0.1) is 0 Å². The molecule has 0 spiro atoms. The fourth-order valence-electron chi connectivity index (χ4n) is 4.52. The molecule has 0 unspecified atom stereocenters. The van der Waals surface area contributed by atoms with Crippen LogP contribution in [0.1, 0.15) is 43.2 Å². The molecule has 0 bridgehead atoms.